The molecule has 1 heterocycles. The summed E-state index contributed by atoms with van der Waals surface area (Å²) in [5.74, 6) is -0.408. The van der Waals surface area contributed by atoms with Crippen LogP contribution in [-0.4, -0.2) is 53.5 Å². The third-order valence-corrected chi connectivity index (χ3v) is 5.20. The first-order valence-electron chi connectivity index (χ1n) is 10.8. The molecule has 0 aromatic heterocycles. The van der Waals surface area contributed by atoms with E-state index >= 15 is 0 Å². The molecule has 2 aromatic carbocycles. The van der Waals surface area contributed by atoms with Gasteiger partial charge in [0.15, 0.2) is 6.29 Å². The Kier molecular flexibility index (Phi) is 8.39. The molecule has 2 N–H and O–H groups in total. The fourth-order valence-electron chi connectivity index (χ4n) is 3.34. The van der Waals surface area contributed by atoms with Crippen molar-refractivity contribution in [1.29, 1.82) is 0 Å². The van der Waals surface area contributed by atoms with E-state index in [1.807, 2.05) is 60.7 Å². The predicted molar refractivity (Wildman–Crippen MR) is 117 cm³/mol. The van der Waals surface area contributed by atoms with Crippen molar-refractivity contribution in [2.24, 2.45) is 5.41 Å². The maximum Gasteiger partial charge on any atom is 0.311 e. The summed E-state index contributed by atoms with van der Waals surface area (Å²) in [7, 11) is 0. The number of hydrogen-bond donors (Lipinski definition) is 2. The van der Waals surface area contributed by atoms with Crippen molar-refractivity contribution >= 4 is 5.97 Å². The summed E-state index contributed by atoms with van der Waals surface area (Å²) < 4.78 is 22.8. The average Bonchev–Trinajstić information content (AvgIpc) is 2.77. The minimum absolute atomic E-state index is 0.158. The van der Waals surface area contributed by atoms with Gasteiger partial charge in [0.2, 0.25) is 0 Å². The number of carbonyl (C=O) groups excluding carboxylic acids is 1. The zero-order valence-corrected chi connectivity index (χ0v) is 18.7. The maximum absolute atomic E-state index is 12.2. The second-order valence-electron chi connectivity index (χ2n) is 8.93. The van der Waals surface area contributed by atoms with Gasteiger partial charge in [-0.15, -0.1) is 0 Å². The first-order valence-corrected chi connectivity index (χ1v) is 10.8. The Hall–Kier alpha value is -2.29. The molecule has 1 fully saturated rings. The molecule has 0 amide bonds. The zero-order chi connectivity index (χ0) is 23.1. The van der Waals surface area contributed by atoms with Crippen LogP contribution in [0.15, 0.2) is 60.7 Å². The van der Waals surface area contributed by atoms with Crippen molar-refractivity contribution < 1.29 is 34.0 Å². The van der Waals surface area contributed by atoms with Gasteiger partial charge in [-0.2, -0.15) is 0 Å². The summed E-state index contributed by atoms with van der Waals surface area (Å²) in [6, 6.07) is 18.9. The van der Waals surface area contributed by atoms with Gasteiger partial charge in [0, 0.05) is 0 Å². The summed E-state index contributed by atoms with van der Waals surface area (Å²) in [6.45, 7) is 5.50. The summed E-state index contributed by atoms with van der Waals surface area (Å²) in [6.07, 6.45) is -5.34. The Balaban J connectivity index is 1.70. The molecule has 7 heteroatoms. The fraction of sp³-hybridized carbons (Fsp3) is 0.480. The van der Waals surface area contributed by atoms with Crippen LogP contribution in [0, 0.1) is 5.41 Å². The van der Waals surface area contributed by atoms with E-state index in [4.69, 9.17) is 18.9 Å². The Morgan fingerprint density at radius 3 is 1.88 bits per heavy atom. The smallest absolute Gasteiger partial charge is 0.311 e. The number of aliphatic hydroxyl groups excluding tert-OH is 2. The molecule has 2 aromatic rings. The highest BCUT2D eigenvalue weighted by atomic mass is 16.7. The molecule has 0 spiro atoms. The molecule has 0 radical (unpaired) electrons. The van der Waals surface area contributed by atoms with E-state index in [2.05, 4.69) is 0 Å². The van der Waals surface area contributed by atoms with Crippen molar-refractivity contribution in [1.82, 2.24) is 0 Å². The third kappa shape index (κ3) is 6.60. The number of aliphatic hydroxyl groups is 2. The fourth-order valence-corrected chi connectivity index (χ4v) is 3.34. The van der Waals surface area contributed by atoms with Gasteiger partial charge < -0.3 is 29.2 Å². The Morgan fingerprint density at radius 2 is 1.38 bits per heavy atom. The van der Waals surface area contributed by atoms with Crippen LogP contribution in [0.4, 0.5) is 0 Å². The van der Waals surface area contributed by atoms with E-state index in [1.54, 1.807) is 20.8 Å². The van der Waals surface area contributed by atoms with Gasteiger partial charge in [0.25, 0.3) is 0 Å². The lowest BCUT2D eigenvalue weighted by Crippen LogP contribution is -2.60. The molecule has 1 saturated heterocycles. The van der Waals surface area contributed by atoms with E-state index in [0.717, 1.165) is 11.1 Å². The van der Waals surface area contributed by atoms with Gasteiger partial charge in [-0.3, -0.25) is 4.79 Å². The van der Waals surface area contributed by atoms with Gasteiger partial charge in [-0.05, 0) is 31.9 Å². The van der Waals surface area contributed by atoms with Crippen LogP contribution in [0.5, 0.6) is 0 Å². The lowest BCUT2D eigenvalue weighted by molar-refractivity contribution is -0.307. The molecule has 0 aliphatic carbocycles. The second kappa shape index (κ2) is 11.0. The summed E-state index contributed by atoms with van der Waals surface area (Å²) >= 11 is 0. The first-order chi connectivity index (χ1) is 15.3. The van der Waals surface area contributed by atoms with Crippen molar-refractivity contribution in [3.63, 3.8) is 0 Å². The molecule has 7 nitrogen and oxygen atoms in total. The molecule has 3 rings (SSSR count). The van der Waals surface area contributed by atoms with Gasteiger partial charge in [-0.1, -0.05) is 60.7 Å². The van der Waals surface area contributed by atoms with Crippen LogP contribution >= 0.6 is 0 Å². The molecular formula is C25H32O7. The van der Waals surface area contributed by atoms with E-state index < -0.39 is 42.1 Å². The van der Waals surface area contributed by atoms with Crippen LogP contribution in [0.1, 0.15) is 31.9 Å². The molecule has 0 saturated carbocycles. The molecule has 5 atom stereocenters. The number of benzene rings is 2. The molecule has 0 unspecified atom stereocenters. The van der Waals surface area contributed by atoms with Gasteiger partial charge in [0.05, 0.1) is 18.6 Å². The highest BCUT2D eigenvalue weighted by molar-refractivity contribution is 5.75. The maximum atomic E-state index is 12.2. The molecular weight excluding hydrogens is 412 g/mol. The van der Waals surface area contributed by atoms with Crippen molar-refractivity contribution in [3.8, 4) is 0 Å². The Morgan fingerprint density at radius 1 is 0.875 bits per heavy atom. The summed E-state index contributed by atoms with van der Waals surface area (Å²) in [5, 5.41) is 21.5. The molecule has 0 bridgehead atoms. The SMILES string of the molecule is CC(C)(C)C(=O)OC[C@H]1O[C@@H](O)[C@H](OCc2ccccc2)[C@@H](O)[C@H]1OCc1ccccc1. The largest absolute Gasteiger partial charge is 0.462 e. The van der Waals surface area contributed by atoms with E-state index in [9.17, 15) is 15.0 Å². The number of esters is 1. The first kappa shape index (κ1) is 24.4. The van der Waals surface area contributed by atoms with Crippen molar-refractivity contribution in [2.45, 2.75) is 64.7 Å². The minimum atomic E-state index is -1.40. The van der Waals surface area contributed by atoms with Gasteiger partial charge >= 0.3 is 5.97 Å². The number of ether oxygens (including phenoxy) is 4. The zero-order valence-electron chi connectivity index (χ0n) is 18.7. The highest BCUT2D eigenvalue weighted by Gasteiger charge is 2.47. The molecule has 1 aliphatic heterocycles. The normalized spacial score (nSPS) is 26.0. The van der Waals surface area contributed by atoms with E-state index in [0.29, 0.717) is 0 Å². The van der Waals surface area contributed by atoms with Crippen LogP contribution in [0.2, 0.25) is 0 Å². The van der Waals surface area contributed by atoms with Crippen LogP contribution < -0.4 is 0 Å². The topological polar surface area (TPSA) is 94.5 Å². The molecule has 1 aliphatic rings. The Labute approximate surface area is 188 Å². The summed E-state index contributed by atoms with van der Waals surface area (Å²) in [4.78, 5) is 12.2. The monoisotopic (exact) mass is 444 g/mol. The van der Waals surface area contributed by atoms with Crippen LogP contribution in [0.25, 0.3) is 0 Å². The quantitative estimate of drug-likeness (QED) is 0.605. The van der Waals surface area contributed by atoms with E-state index in [-0.39, 0.29) is 19.8 Å². The molecule has 32 heavy (non-hydrogen) atoms. The van der Waals surface area contributed by atoms with Crippen LogP contribution in [-0.2, 0) is 37.0 Å². The Bertz CT molecular complexity index is 834. The average molecular weight is 445 g/mol. The number of carbonyl (C=O) groups is 1. The highest BCUT2D eigenvalue weighted by Crippen LogP contribution is 2.27. The second-order valence-corrected chi connectivity index (χ2v) is 8.93. The number of hydrogen-bond acceptors (Lipinski definition) is 7. The predicted octanol–water partition coefficient (Wildman–Crippen LogP) is 2.82. The van der Waals surface area contributed by atoms with E-state index in [1.165, 1.54) is 0 Å². The van der Waals surface area contributed by atoms with Gasteiger partial charge in [-0.25, -0.2) is 0 Å². The van der Waals surface area contributed by atoms with Crippen LogP contribution in [0.3, 0.4) is 0 Å². The van der Waals surface area contributed by atoms with Gasteiger partial charge in [0.1, 0.15) is 31.0 Å². The summed E-state index contributed by atoms with van der Waals surface area (Å²) in [5.41, 5.74) is 1.13. The number of rotatable bonds is 8. The standard InChI is InChI=1S/C25H32O7/c1-25(2,3)24(28)31-16-19-21(29-14-17-10-6-4-7-11-17)20(26)22(23(27)32-19)30-15-18-12-8-5-9-13-18/h4-13,19-23,26-27H,14-16H2,1-3H3/t19-,20+,21+,22-,23-/m1/s1. The van der Waals surface area contributed by atoms with Crippen molar-refractivity contribution in [2.75, 3.05) is 6.61 Å². The minimum Gasteiger partial charge on any atom is -0.462 e. The van der Waals surface area contributed by atoms with Crippen molar-refractivity contribution in [3.05, 3.63) is 71.8 Å². The lowest BCUT2D eigenvalue weighted by Gasteiger charge is -2.42. The molecule has 174 valence electrons. The third-order valence-electron chi connectivity index (χ3n) is 5.20. The lowest BCUT2D eigenvalue weighted by atomic mass is 9.96.